The van der Waals surface area contributed by atoms with Crippen LogP contribution in [0.5, 0.6) is 0 Å². The fourth-order valence-corrected chi connectivity index (χ4v) is 1.40. The second-order valence-electron chi connectivity index (χ2n) is 3.91. The highest BCUT2D eigenvalue weighted by Gasteiger charge is 2.11. The lowest BCUT2D eigenvalue weighted by Gasteiger charge is -2.09. The van der Waals surface area contributed by atoms with E-state index < -0.39 is 5.97 Å². The van der Waals surface area contributed by atoms with Gasteiger partial charge in [-0.25, -0.2) is 4.79 Å². The monoisotopic (exact) mass is 271 g/mol. The lowest BCUT2D eigenvalue weighted by Crippen LogP contribution is -2.20. The van der Waals surface area contributed by atoms with Crippen LogP contribution in [0.4, 0.5) is 5.69 Å². The maximum Gasteiger partial charge on any atom is 0.337 e. The van der Waals surface area contributed by atoms with Gasteiger partial charge in [0.05, 0.1) is 16.7 Å². The summed E-state index contributed by atoms with van der Waals surface area (Å²) in [6, 6.07) is 4.25. The number of aromatic carboxylic acids is 1. The Morgan fingerprint density at radius 3 is 2.67 bits per heavy atom. The maximum atomic E-state index is 11.5. The molecule has 0 heterocycles. The third-order valence-electron chi connectivity index (χ3n) is 2.03. The Morgan fingerprint density at radius 1 is 1.44 bits per heavy atom. The molecule has 1 aromatic carbocycles. The summed E-state index contributed by atoms with van der Waals surface area (Å²) in [5, 5.41) is 11.5. The van der Waals surface area contributed by atoms with Crippen molar-refractivity contribution in [1.82, 2.24) is 0 Å². The van der Waals surface area contributed by atoms with Crippen molar-refractivity contribution < 1.29 is 19.4 Å². The van der Waals surface area contributed by atoms with Gasteiger partial charge in [-0.1, -0.05) is 11.6 Å². The van der Waals surface area contributed by atoms with Gasteiger partial charge < -0.3 is 15.2 Å². The normalized spacial score (nSPS) is 10.4. The van der Waals surface area contributed by atoms with E-state index in [1.165, 1.54) is 18.2 Å². The topological polar surface area (TPSA) is 75.6 Å². The maximum absolute atomic E-state index is 11.5. The number of carbonyl (C=O) groups excluding carboxylic acids is 1. The first-order chi connectivity index (χ1) is 8.40. The molecular weight excluding hydrogens is 258 g/mol. The Hall–Kier alpha value is -1.59. The molecule has 98 valence electrons. The zero-order valence-electron chi connectivity index (χ0n) is 10.1. The first-order valence-corrected chi connectivity index (χ1v) is 5.72. The summed E-state index contributed by atoms with van der Waals surface area (Å²) < 4.78 is 5.12. The van der Waals surface area contributed by atoms with Crippen LogP contribution >= 0.6 is 11.6 Å². The second-order valence-corrected chi connectivity index (χ2v) is 4.31. The first-order valence-electron chi connectivity index (χ1n) is 5.34. The Bertz CT molecular complexity index is 459. The number of nitrogens with one attached hydrogen (secondary N) is 1. The molecule has 6 heteroatoms. The van der Waals surface area contributed by atoms with E-state index in [9.17, 15) is 9.59 Å². The Kier molecular flexibility index (Phi) is 5.12. The van der Waals surface area contributed by atoms with Gasteiger partial charge in [0, 0.05) is 5.69 Å². The van der Waals surface area contributed by atoms with Crippen molar-refractivity contribution in [1.29, 1.82) is 0 Å². The Morgan fingerprint density at radius 2 is 2.11 bits per heavy atom. The van der Waals surface area contributed by atoms with Gasteiger partial charge in [0.1, 0.15) is 6.61 Å². The van der Waals surface area contributed by atoms with Gasteiger partial charge >= 0.3 is 5.97 Å². The van der Waals surface area contributed by atoms with Gasteiger partial charge in [-0.15, -0.1) is 0 Å². The number of benzene rings is 1. The number of halogens is 1. The molecule has 0 aliphatic rings. The van der Waals surface area contributed by atoms with E-state index in [0.29, 0.717) is 5.69 Å². The number of hydrogen-bond acceptors (Lipinski definition) is 3. The van der Waals surface area contributed by atoms with Crippen molar-refractivity contribution >= 4 is 29.2 Å². The van der Waals surface area contributed by atoms with Crippen LogP contribution in [-0.2, 0) is 9.53 Å². The van der Waals surface area contributed by atoms with Crippen LogP contribution in [0.3, 0.4) is 0 Å². The molecule has 1 rings (SSSR count). The molecule has 1 amide bonds. The molecule has 0 radical (unpaired) electrons. The number of carboxylic acids is 1. The molecule has 0 bridgehead atoms. The van der Waals surface area contributed by atoms with Crippen LogP contribution in [0.1, 0.15) is 24.2 Å². The SMILES string of the molecule is CC(C)OCC(=O)Nc1ccc(Cl)c(C(=O)O)c1. The van der Waals surface area contributed by atoms with Gasteiger partial charge in [-0.2, -0.15) is 0 Å². The summed E-state index contributed by atoms with van der Waals surface area (Å²) in [5.74, 6) is -1.49. The number of carboxylic acid groups (broad SMARTS) is 1. The van der Waals surface area contributed by atoms with Crippen molar-refractivity contribution in [2.75, 3.05) is 11.9 Å². The van der Waals surface area contributed by atoms with Crippen molar-refractivity contribution in [3.8, 4) is 0 Å². The fourth-order valence-electron chi connectivity index (χ4n) is 1.21. The molecule has 0 aromatic heterocycles. The minimum atomic E-state index is -1.14. The molecule has 0 saturated carbocycles. The molecule has 2 N–H and O–H groups in total. The standard InChI is InChI=1S/C12H14ClNO4/c1-7(2)18-6-11(15)14-8-3-4-10(13)9(5-8)12(16)17/h3-5,7H,6H2,1-2H3,(H,14,15)(H,16,17). The molecule has 0 aliphatic heterocycles. The van der Waals surface area contributed by atoms with Crippen LogP contribution in [-0.4, -0.2) is 29.7 Å². The van der Waals surface area contributed by atoms with E-state index in [-0.39, 0.29) is 29.2 Å². The highest BCUT2D eigenvalue weighted by molar-refractivity contribution is 6.33. The molecule has 0 atom stereocenters. The fraction of sp³-hybridized carbons (Fsp3) is 0.333. The number of ether oxygens (including phenoxy) is 1. The van der Waals surface area contributed by atoms with Crippen LogP contribution in [0.15, 0.2) is 18.2 Å². The predicted octanol–water partition coefficient (Wildman–Crippen LogP) is 2.40. The molecule has 0 aliphatic carbocycles. The van der Waals surface area contributed by atoms with Crippen LogP contribution < -0.4 is 5.32 Å². The van der Waals surface area contributed by atoms with Crippen LogP contribution in [0.25, 0.3) is 0 Å². The minimum Gasteiger partial charge on any atom is -0.478 e. The average molecular weight is 272 g/mol. The van der Waals surface area contributed by atoms with E-state index in [2.05, 4.69) is 5.32 Å². The molecule has 0 spiro atoms. The molecular formula is C12H14ClNO4. The number of rotatable bonds is 5. The van der Waals surface area contributed by atoms with Crippen molar-refractivity contribution in [2.24, 2.45) is 0 Å². The van der Waals surface area contributed by atoms with E-state index in [0.717, 1.165) is 0 Å². The van der Waals surface area contributed by atoms with Gasteiger partial charge in [0.2, 0.25) is 5.91 Å². The molecule has 18 heavy (non-hydrogen) atoms. The zero-order chi connectivity index (χ0) is 13.7. The number of anilines is 1. The molecule has 1 aromatic rings. The van der Waals surface area contributed by atoms with Gasteiger partial charge in [-0.3, -0.25) is 4.79 Å². The third kappa shape index (κ3) is 4.35. The molecule has 5 nitrogen and oxygen atoms in total. The lowest BCUT2D eigenvalue weighted by molar-refractivity contribution is -0.121. The highest BCUT2D eigenvalue weighted by Crippen LogP contribution is 2.20. The van der Waals surface area contributed by atoms with Gasteiger partial charge in [-0.05, 0) is 32.0 Å². The minimum absolute atomic E-state index is 0.0458. The van der Waals surface area contributed by atoms with Gasteiger partial charge in [0.15, 0.2) is 0 Å². The van der Waals surface area contributed by atoms with E-state index in [1.807, 2.05) is 13.8 Å². The number of amides is 1. The Balaban J connectivity index is 2.70. The molecule has 0 fully saturated rings. The first kappa shape index (κ1) is 14.5. The number of hydrogen-bond donors (Lipinski definition) is 2. The molecule has 0 saturated heterocycles. The van der Waals surface area contributed by atoms with Crippen LogP contribution in [0, 0.1) is 0 Å². The zero-order valence-corrected chi connectivity index (χ0v) is 10.8. The highest BCUT2D eigenvalue weighted by atomic mass is 35.5. The van der Waals surface area contributed by atoms with E-state index in [1.54, 1.807) is 0 Å². The summed E-state index contributed by atoms with van der Waals surface area (Å²) >= 11 is 5.71. The predicted molar refractivity (Wildman–Crippen MR) is 68.1 cm³/mol. The summed E-state index contributed by atoms with van der Waals surface area (Å²) in [5.41, 5.74) is 0.313. The Labute approximate surface area is 110 Å². The average Bonchev–Trinajstić information content (AvgIpc) is 2.28. The van der Waals surface area contributed by atoms with E-state index >= 15 is 0 Å². The second kappa shape index (κ2) is 6.37. The number of carbonyl (C=O) groups is 2. The third-order valence-corrected chi connectivity index (χ3v) is 2.36. The summed E-state index contributed by atoms with van der Waals surface area (Å²) in [7, 11) is 0. The lowest BCUT2D eigenvalue weighted by atomic mass is 10.2. The quantitative estimate of drug-likeness (QED) is 0.862. The summed E-state index contributed by atoms with van der Waals surface area (Å²) in [4.78, 5) is 22.3. The largest absolute Gasteiger partial charge is 0.478 e. The van der Waals surface area contributed by atoms with Crippen molar-refractivity contribution in [3.63, 3.8) is 0 Å². The smallest absolute Gasteiger partial charge is 0.337 e. The van der Waals surface area contributed by atoms with Crippen molar-refractivity contribution in [2.45, 2.75) is 20.0 Å². The van der Waals surface area contributed by atoms with Crippen LogP contribution in [0.2, 0.25) is 5.02 Å². The summed E-state index contributed by atoms with van der Waals surface area (Å²) in [6.07, 6.45) is -0.0458. The van der Waals surface area contributed by atoms with E-state index in [4.69, 9.17) is 21.4 Å². The van der Waals surface area contributed by atoms with Gasteiger partial charge in [0.25, 0.3) is 0 Å². The van der Waals surface area contributed by atoms with Crippen molar-refractivity contribution in [3.05, 3.63) is 28.8 Å². The molecule has 0 unspecified atom stereocenters. The summed E-state index contributed by atoms with van der Waals surface area (Å²) in [6.45, 7) is 3.55.